The molecule has 29 heavy (non-hydrogen) atoms. The topological polar surface area (TPSA) is 45.7 Å². The zero-order valence-corrected chi connectivity index (χ0v) is 17.4. The van der Waals surface area contributed by atoms with Crippen LogP contribution in [0.25, 0.3) is 12.2 Å². The number of pyridine rings is 1. The summed E-state index contributed by atoms with van der Waals surface area (Å²) in [6.45, 7) is 8.29. The number of ether oxygens (including phenoxy) is 1. The highest BCUT2D eigenvalue weighted by Gasteiger charge is 2.42. The fourth-order valence-corrected chi connectivity index (χ4v) is 4.18. The molecule has 5 nitrogen and oxygen atoms in total. The third-order valence-electron chi connectivity index (χ3n) is 5.42. The summed E-state index contributed by atoms with van der Waals surface area (Å²) >= 11 is 0. The van der Waals surface area contributed by atoms with Gasteiger partial charge in [-0.05, 0) is 50.3 Å². The highest BCUT2D eigenvalue weighted by Crippen LogP contribution is 2.33. The Morgan fingerprint density at radius 3 is 2.59 bits per heavy atom. The predicted molar refractivity (Wildman–Crippen MR) is 117 cm³/mol. The molecule has 0 N–H and O–H groups in total. The monoisotopic (exact) mass is 391 g/mol. The lowest BCUT2D eigenvalue weighted by atomic mass is 9.99. The van der Waals surface area contributed by atoms with Gasteiger partial charge in [-0.15, -0.1) is 0 Å². The Balaban J connectivity index is 1.45. The van der Waals surface area contributed by atoms with Gasteiger partial charge in [0, 0.05) is 25.8 Å². The molecule has 152 valence electrons. The summed E-state index contributed by atoms with van der Waals surface area (Å²) in [6.07, 6.45) is 8.86. The van der Waals surface area contributed by atoms with Crippen molar-refractivity contribution >= 4 is 23.9 Å². The molecule has 0 spiro atoms. The molecule has 0 saturated carbocycles. The van der Waals surface area contributed by atoms with Crippen molar-refractivity contribution in [2.24, 2.45) is 5.92 Å². The normalized spacial score (nSPS) is 21.6. The van der Waals surface area contributed by atoms with Crippen LogP contribution in [0.3, 0.4) is 0 Å². The molecule has 2 saturated heterocycles. The minimum absolute atomic E-state index is 0.190. The maximum Gasteiger partial charge on any atom is 0.410 e. The van der Waals surface area contributed by atoms with E-state index in [0.717, 1.165) is 37.3 Å². The highest BCUT2D eigenvalue weighted by atomic mass is 16.6. The first-order valence-corrected chi connectivity index (χ1v) is 10.3. The van der Waals surface area contributed by atoms with Crippen molar-refractivity contribution in [1.29, 1.82) is 0 Å². The van der Waals surface area contributed by atoms with E-state index in [1.54, 1.807) is 0 Å². The first-order valence-electron chi connectivity index (χ1n) is 10.3. The van der Waals surface area contributed by atoms with E-state index in [0.29, 0.717) is 5.92 Å². The van der Waals surface area contributed by atoms with Gasteiger partial charge in [-0.25, -0.2) is 4.79 Å². The predicted octanol–water partition coefficient (Wildman–Crippen LogP) is 4.70. The van der Waals surface area contributed by atoms with E-state index in [9.17, 15) is 4.79 Å². The second-order valence-corrected chi connectivity index (χ2v) is 9.01. The minimum atomic E-state index is -0.462. The molecule has 1 aromatic heterocycles. The zero-order chi connectivity index (χ0) is 20.4. The number of benzene rings is 1. The first kappa shape index (κ1) is 19.5. The lowest BCUT2D eigenvalue weighted by Gasteiger charge is -2.34. The van der Waals surface area contributed by atoms with Crippen LogP contribution in [-0.2, 0) is 4.74 Å². The van der Waals surface area contributed by atoms with Crippen LogP contribution < -0.4 is 4.90 Å². The van der Waals surface area contributed by atoms with Crippen LogP contribution in [0.1, 0.15) is 38.3 Å². The van der Waals surface area contributed by atoms with Gasteiger partial charge in [-0.1, -0.05) is 42.5 Å². The average Bonchev–Trinajstić information content (AvgIpc) is 3.00. The zero-order valence-electron chi connectivity index (χ0n) is 17.4. The summed E-state index contributed by atoms with van der Waals surface area (Å²) in [5.74, 6) is 0.477. The molecule has 4 rings (SSSR count). The molecule has 2 unspecified atom stereocenters. The van der Waals surface area contributed by atoms with Crippen LogP contribution in [0.15, 0.2) is 48.8 Å². The third-order valence-corrected chi connectivity index (χ3v) is 5.42. The van der Waals surface area contributed by atoms with Crippen molar-refractivity contribution in [3.63, 3.8) is 0 Å². The summed E-state index contributed by atoms with van der Waals surface area (Å²) in [4.78, 5) is 21.3. The second-order valence-electron chi connectivity index (χ2n) is 9.01. The van der Waals surface area contributed by atoms with Crippen LogP contribution in [0.4, 0.5) is 10.5 Å². The molecule has 2 bridgehead atoms. The second kappa shape index (κ2) is 7.90. The number of fused-ring (bicyclic) bond motifs is 2. The number of likely N-dealkylation sites (tertiary alicyclic amines) is 1. The first-order chi connectivity index (χ1) is 13.9. The number of hydrogen-bond acceptors (Lipinski definition) is 4. The molecular formula is C24H29N3O2. The molecule has 0 radical (unpaired) electrons. The molecule has 3 heterocycles. The van der Waals surface area contributed by atoms with E-state index in [2.05, 4.69) is 40.2 Å². The van der Waals surface area contributed by atoms with Crippen molar-refractivity contribution in [1.82, 2.24) is 9.88 Å². The number of aromatic nitrogens is 1. The fourth-order valence-electron chi connectivity index (χ4n) is 4.18. The standard InChI is InChI=1S/C24H29N3O2/c1-24(2,3)29-23(28)27-16-20-12-22(27)17-26(15-20)21-11-19(13-25-14-21)10-9-18-7-5-4-6-8-18/h4-11,13-14,20,22H,12,15-17H2,1-3H3/b10-9+. The smallest absolute Gasteiger partial charge is 0.410 e. The summed E-state index contributed by atoms with van der Waals surface area (Å²) in [5, 5.41) is 0. The van der Waals surface area contributed by atoms with Gasteiger partial charge in [-0.2, -0.15) is 0 Å². The van der Waals surface area contributed by atoms with Crippen LogP contribution in [0.2, 0.25) is 0 Å². The largest absolute Gasteiger partial charge is 0.444 e. The molecule has 5 heteroatoms. The van der Waals surface area contributed by atoms with E-state index in [4.69, 9.17) is 4.74 Å². The van der Waals surface area contributed by atoms with Crippen molar-refractivity contribution in [2.75, 3.05) is 24.5 Å². The van der Waals surface area contributed by atoms with E-state index in [1.165, 1.54) is 5.56 Å². The SMILES string of the molecule is CC(C)(C)OC(=O)N1CC2CC1CN(c1cncc(/C=C/c3ccccc3)c1)C2. The summed E-state index contributed by atoms with van der Waals surface area (Å²) in [5.41, 5.74) is 2.90. The van der Waals surface area contributed by atoms with Crippen molar-refractivity contribution in [3.05, 3.63) is 59.9 Å². The molecule has 1 amide bonds. The van der Waals surface area contributed by atoms with Gasteiger partial charge in [0.25, 0.3) is 0 Å². The number of amides is 1. The lowest BCUT2D eigenvalue weighted by molar-refractivity contribution is 0.0233. The number of rotatable bonds is 3. The van der Waals surface area contributed by atoms with Gasteiger partial charge in [0.15, 0.2) is 0 Å². The van der Waals surface area contributed by atoms with Crippen molar-refractivity contribution in [2.45, 2.75) is 38.8 Å². The molecule has 2 fully saturated rings. The van der Waals surface area contributed by atoms with Gasteiger partial charge in [0.1, 0.15) is 5.60 Å². The maximum atomic E-state index is 12.6. The van der Waals surface area contributed by atoms with E-state index >= 15 is 0 Å². The Labute approximate surface area is 173 Å². The number of hydrogen-bond donors (Lipinski definition) is 0. The Bertz CT molecular complexity index is 888. The van der Waals surface area contributed by atoms with Gasteiger partial charge < -0.3 is 14.5 Å². The van der Waals surface area contributed by atoms with Crippen molar-refractivity contribution < 1.29 is 9.53 Å². The number of piperidine rings is 1. The van der Waals surface area contributed by atoms with Gasteiger partial charge in [-0.3, -0.25) is 4.98 Å². The molecule has 1 aromatic carbocycles. The summed E-state index contributed by atoms with van der Waals surface area (Å²) < 4.78 is 5.61. The fraction of sp³-hybridized carbons (Fsp3) is 0.417. The number of carbonyl (C=O) groups excluding carboxylic acids is 1. The van der Waals surface area contributed by atoms with Crippen LogP contribution in [0, 0.1) is 5.92 Å². The van der Waals surface area contributed by atoms with Crippen LogP contribution in [0.5, 0.6) is 0 Å². The van der Waals surface area contributed by atoms with Gasteiger partial charge in [0.05, 0.1) is 17.9 Å². The molecule has 0 aliphatic carbocycles. The quantitative estimate of drug-likeness (QED) is 0.761. The van der Waals surface area contributed by atoms with Gasteiger partial charge >= 0.3 is 6.09 Å². The molecule has 2 aromatic rings. The van der Waals surface area contributed by atoms with E-state index < -0.39 is 5.60 Å². The molecule has 2 aliphatic rings. The Hall–Kier alpha value is -2.82. The average molecular weight is 392 g/mol. The van der Waals surface area contributed by atoms with E-state index in [-0.39, 0.29) is 12.1 Å². The summed E-state index contributed by atoms with van der Waals surface area (Å²) in [7, 11) is 0. The molecule has 2 atom stereocenters. The Morgan fingerprint density at radius 2 is 1.83 bits per heavy atom. The molecule has 2 aliphatic heterocycles. The van der Waals surface area contributed by atoms with Crippen LogP contribution in [-0.4, -0.2) is 47.3 Å². The third kappa shape index (κ3) is 4.78. The maximum absolute atomic E-state index is 12.6. The van der Waals surface area contributed by atoms with E-state index in [1.807, 2.05) is 56.3 Å². The summed E-state index contributed by atoms with van der Waals surface area (Å²) in [6, 6.07) is 12.6. The number of anilines is 1. The Morgan fingerprint density at radius 1 is 1.07 bits per heavy atom. The van der Waals surface area contributed by atoms with Crippen molar-refractivity contribution in [3.8, 4) is 0 Å². The van der Waals surface area contributed by atoms with Crippen LogP contribution >= 0.6 is 0 Å². The lowest BCUT2D eigenvalue weighted by Crippen LogP contribution is -2.45. The minimum Gasteiger partial charge on any atom is -0.444 e. The number of nitrogens with zero attached hydrogens (tertiary/aromatic N) is 3. The molecular weight excluding hydrogens is 362 g/mol. The number of carbonyl (C=O) groups is 1. The Kier molecular flexibility index (Phi) is 5.31. The highest BCUT2D eigenvalue weighted by molar-refractivity contribution is 5.71. The van der Waals surface area contributed by atoms with Gasteiger partial charge in [0.2, 0.25) is 0 Å².